The average molecular weight is 283 g/mol. The summed E-state index contributed by atoms with van der Waals surface area (Å²) in [4.78, 5) is 14.4. The molecule has 1 heterocycles. The molecule has 0 spiro atoms. The fourth-order valence-corrected chi connectivity index (χ4v) is 1.81. The number of hydrogen-bond acceptors (Lipinski definition) is 5. The number of nitro benzene ring substituents is 1. The van der Waals surface area contributed by atoms with Crippen molar-refractivity contribution in [2.24, 2.45) is 0 Å². The van der Waals surface area contributed by atoms with E-state index in [0.717, 1.165) is 0 Å². The summed E-state index contributed by atoms with van der Waals surface area (Å²) >= 11 is 5.88. The van der Waals surface area contributed by atoms with E-state index in [1.165, 1.54) is 18.2 Å². The lowest BCUT2D eigenvalue weighted by atomic mass is 10.2. The highest BCUT2D eigenvalue weighted by Crippen LogP contribution is 2.30. The van der Waals surface area contributed by atoms with Gasteiger partial charge in [-0.05, 0) is 6.07 Å². The van der Waals surface area contributed by atoms with E-state index in [-0.39, 0.29) is 10.8 Å². The van der Waals surface area contributed by atoms with Crippen molar-refractivity contribution in [1.82, 2.24) is 4.98 Å². The molecule has 0 aliphatic rings. The third-order valence-corrected chi connectivity index (χ3v) is 2.67. The van der Waals surface area contributed by atoms with Gasteiger partial charge in [0.25, 0.3) is 5.69 Å². The van der Waals surface area contributed by atoms with Crippen LogP contribution in [0, 0.1) is 10.1 Å². The van der Waals surface area contributed by atoms with Gasteiger partial charge < -0.3 is 9.47 Å². The first-order chi connectivity index (χ1) is 9.11. The van der Waals surface area contributed by atoms with E-state index < -0.39 is 4.92 Å². The van der Waals surface area contributed by atoms with Crippen LogP contribution in [0.4, 0.5) is 5.69 Å². The summed E-state index contributed by atoms with van der Waals surface area (Å²) in [5.41, 5.74) is 0.527. The number of aromatic nitrogens is 1. The highest BCUT2D eigenvalue weighted by atomic mass is 35.5. The molecule has 0 unspecified atom stereocenters. The van der Waals surface area contributed by atoms with Crippen LogP contribution in [0.3, 0.4) is 0 Å². The number of fused-ring (bicyclic) bond motifs is 1. The Labute approximate surface area is 114 Å². The summed E-state index contributed by atoms with van der Waals surface area (Å²) in [6, 6.07) is 5.87. The molecule has 100 valence electrons. The second-order valence-electron chi connectivity index (χ2n) is 3.74. The standard InChI is InChI=1S/C12H11ClN2O4/c1-18-4-5-19-11-7-12(13)14-10-3-2-8(15(16)17)6-9(10)11/h2-3,6-7H,4-5H2,1H3. The molecule has 0 radical (unpaired) electrons. The Bertz CT molecular complexity index is 618. The van der Waals surface area contributed by atoms with Gasteiger partial charge in [-0.1, -0.05) is 11.6 Å². The molecule has 0 aliphatic heterocycles. The Hall–Kier alpha value is -1.92. The first kappa shape index (κ1) is 13.5. The minimum absolute atomic E-state index is 0.0202. The number of nitro groups is 1. The predicted molar refractivity (Wildman–Crippen MR) is 70.8 cm³/mol. The van der Waals surface area contributed by atoms with E-state index in [9.17, 15) is 10.1 Å². The smallest absolute Gasteiger partial charge is 0.270 e. The molecule has 6 nitrogen and oxygen atoms in total. The number of hydrogen-bond donors (Lipinski definition) is 0. The van der Waals surface area contributed by atoms with Crippen LogP contribution < -0.4 is 4.74 Å². The molecular weight excluding hydrogens is 272 g/mol. The number of non-ortho nitro benzene ring substituents is 1. The van der Waals surface area contributed by atoms with Gasteiger partial charge >= 0.3 is 0 Å². The number of benzene rings is 1. The van der Waals surface area contributed by atoms with E-state index in [2.05, 4.69) is 4.98 Å². The monoisotopic (exact) mass is 282 g/mol. The lowest BCUT2D eigenvalue weighted by Gasteiger charge is -2.09. The zero-order valence-electron chi connectivity index (χ0n) is 10.1. The summed E-state index contributed by atoms with van der Waals surface area (Å²) in [5, 5.41) is 11.6. The molecule has 2 aromatic rings. The van der Waals surface area contributed by atoms with Crippen molar-refractivity contribution in [3.63, 3.8) is 0 Å². The Morgan fingerprint density at radius 3 is 2.84 bits per heavy atom. The van der Waals surface area contributed by atoms with Crippen LogP contribution in [0.5, 0.6) is 5.75 Å². The SMILES string of the molecule is COCCOc1cc(Cl)nc2ccc([N+](=O)[O-])cc12. The van der Waals surface area contributed by atoms with Crippen LogP contribution in [-0.4, -0.2) is 30.2 Å². The van der Waals surface area contributed by atoms with E-state index in [4.69, 9.17) is 21.1 Å². The fourth-order valence-electron chi connectivity index (χ4n) is 1.62. The minimum Gasteiger partial charge on any atom is -0.490 e. The van der Waals surface area contributed by atoms with Crippen LogP contribution in [0.2, 0.25) is 5.15 Å². The lowest BCUT2D eigenvalue weighted by Crippen LogP contribution is -2.05. The van der Waals surface area contributed by atoms with Crippen molar-refractivity contribution in [2.45, 2.75) is 0 Å². The average Bonchev–Trinajstić information content (AvgIpc) is 2.38. The van der Waals surface area contributed by atoms with Crippen molar-refractivity contribution in [2.75, 3.05) is 20.3 Å². The van der Waals surface area contributed by atoms with E-state index in [1.54, 1.807) is 13.2 Å². The normalized spacial score (nSPS) is 10.6. The molecule has 0 bridgehead atoms. The third-order valence-electron chi connectivity index (χ3n) is 2.48. The van der Waals surface area contributed by atoms with Crippen LogP contribution in [-0.2, 0) is 4.74 Å². The van der Waals surface area contributed by atoms with Crippen molar-refractivity contribution in [3.05, 3.63) is 39.5 Å². The number of rotatable bonds is 5. The molecule has 0 amide bonds. The van der Waals surface area contributed by atoms with Gasteiger partial charge in [0.2, 0.25) is 0 Å². The quantitative estimate of drug-likeness (QED) is 0.365. The van der Waals surface area contributed by atoms with Gasteiger partial charge in [-0.2, -0.15) is 0 Å². The summed E-state index contributed by atoms with van der Waals surface area (Å²) in [6.07, 6.45) is 0. The van der Waals surface area contributed by atoms with Crippen LogP contribution in [0.1, 0.15) is 0 Å². The predicted octanol–water partition coefficient (Wildman–Crippen LogP) is 2.82. The number of halogens is 1. The molecular formula is C12H11ClN2O4. The zero-order chi connectivity index (χ0) is 13.8. The molecule has 0 atom stereocenters. The Morgan fingerprint density at radius 1 is 1.37 bits per heavy atom. The molecule has 0 saturated heterocycles. The van der Waals surface area contributed by atoms with Crippen LogP contribution in [0.15, 0.2) is 24.3 Å². The minimum atomic E-state index is -0.465. The summed E-state index contributed by atoms with van der Waals surface area (Å²) in [6.45, 7) is 0.741. The van der Waals surface area contributed by atoms with Gasteiger partial charge in [0.1, 0.15) is 17.5 Å². The van der Waals surface area contributed by atoms with Gasteiger partial charge in [0.05, 0.1) is 17.0 Å². The van der Waals surface area contributed by atoms with Gasteiger partial charge in [-0.25, -0.2) is 4.98 Å². The maximum absolute atomic E-state index is 10.8. The second kappa shape index (κ2) is 5.81. The molecule has 19 heavy (non-hydrogen) atoms. The fraction of sp³-hybridized carbons (Fsp3) is 0.250. The number of methoxy groups -OCH3 is 1. The molecule has 2 rings (SSSR count). The largest absolute Gasteiger partial charge is 0.490 e. The molecule has 0 saturated carbocycles. The highest BCUT2D eigenvalue weighted by Gasteiger charge is 2.12. The summed E-state index contributed by atoms with van der Waals surface area (Å²) < 4.78 is 10.4. The number of pyridine rings is 1. The van der Waals surface area contributed by atoms with Crippen molar-refractivity contribution < 1.29 is 14.4 Å². The topological polar surface area (TPSA) is 74.5 Å². The van der Waals surface area contributed by atoms with Crippen LogP contribution in [0.25, 0.3) is 10.9 Å². The number of nitrogens with zero attached hydrogens (tertiary/aromatic N) is 2. The van der Waals surface area contributed by atoms with Gasteiger partial charge in [-0.3, -0.25) is 10.1 Å². The second-order valence-corrected chi connectivity index (χ2v) is 4.13. The number of ether oxygens (including phenoxy) is 2. The summed E-state index contributed by atoms with van der Waals surface area (Å²) in [7, 11) is 1.56. The highest BCUT2D eigenvalue weighted by molar-refractivity contribution is 6.30. The molecule has 0 aliphatic carbocycles. The zero-order valence-corrected chi connectivity index (χ0v) is 10.9. The van der Waals surface area contributed by atoms with E-state index in [1.807, 2.05) is 0 Å². The maximum Gasteiger partial charge on any atom is 0.270 e. The first-order valence-corrected chi connectivity index (χ1v) is 5.86. The molecule has 7 heteroatoms. The van der Waals surface area contributed by atoms with Crippen molar-refractivity contribution in [1.29, 1.82) is 0 Å². The third kappa shape index (κ3) is 3.10. The maximum atomic E-state index is 10.8. The van der Waals surface area contributed by atoms with Crippen molar-refractivity contribution in [3.8, 4) is 5.75 Å². The molecule has 1 aromatic heterocycles. The van der Waals surface area contributed by atoms with Gasteiger partial charge in [0, 0.05) is 30.7 Å². The van der Waals surface area contributed by atoms with Crippen LogP contribution >= 0.6 is 11.6 Å². The van der Waals surface area contributed by atoms with E-state index in [0.29, 0.717) is 29.9 Å². The lowest BCUT2D eigenvalue weighted by molar-refractivity contribution is -0.384. The van der Waals surface area contributed by atoms with Gasteiger partial charge in [-0.15, -0.1) is 0 Å². The molecule has 0 fully saturated rings. The van der Waals surface area contributed by atoms with E-state index >= 15 is 0 Å². The Morgan fingerprint density at radius 2 is 2.16 bits per heavy atom. The van der Waals surface area contributed by atoms with Gasteiger partial charge in [0.15, 0.2) is 0 Å². The Kier molecular flexibility index (Phi) is 4.13. The summed E-state index contributed by atoms with van der Waals surface area (Å²) in [5.74, 6) is 0.454. The first-order valence-electron chi connectivity index (χ1n) is 5.48. The van der Waals surface area contributed by atoms with Crippen molar-refractivity contribution >= 4 is 28.2 Å². The molecule has 1 aromatic carbocycles. The molecule has 0 N–H and O–H groups in total. The Balaban J connectivity index is 2.46.